The van der Waals surface area contributed by atoms with E-state index in [0.29, 0.717) is 0 Å². The third kappa shape index (κ3) is 2.09. The molecule has 0 atom stereocenters. The van der Waals surface area contributed by atoms with Gasteiger partial charge < -0.3 is 4.57 Å². The zero-order valence-electron chi connectivity index (χ0n) is 12.3. The highest BCUT2D eigenvalue weighted by atomic mass is 14.9. The van der Waals surface area contributed by atoms with Gasteiger partial charge in [-0.3, -0.25) is 0 Å². The molecule has 0 fully saturated rings. The van der Waals surface area contributed by atoms with Crippen LogP contribution in [0.1, 0.15) is 28.8 Å². The largest absolute Gasteiger partial charge is 0.347 e. The third-order valence-electron chi connectivity index (χ3n) is 4.51. The summed E-state index contributed by atoms with van der Waals surface area (Å²) in [6, 6.07) is 17.6. The van der Waals surface area contributed by atoms with Crippen molar-refractivity contribution in [2.45, 2.75) is 19.3 Å². The zero-order chi connectivity index (χ0) is 14.2. The number of nitrogens with zero attached hydrogens (tertiary/aromatic N) is 1. The first-order chi connectivity index (χ1) is 10.3. The molecule has 104 valence electrons. The average Bonchev–Trinajstić information content (AvgIpc) is 2.82. The average molecular weight is 273 g/mol. The van der Waals surface area contributed by atoms with Crippen molar-refractivity contribution in [2.75, 3.05) is 0 Å². The van der Waals surface area contributed by atoms with Crippen LogP contribution in [0.25, 0.3) is 17.0 Å². The van der Waals surface area contributed by atoms with Crippen LogP contribution in [0.3, 0.4) is 0 Å². The Kier molecular flexibility index (Phi) is 2.92. The van der Waals surface area contributed by atoms with Crippen molar-refractivity contribution in [3.8, 4) is 0 Å². The topological polar surface area (TPSA) is 4.93 Å². The number of aryl methyl sites for hydroxylation is 1. The van der Waals surface area contributed by atoms with Crippen molar-refractivity contribution in [3.05, 3.63) is 77.0 Å². The van der Waals surface area contributed by atoms with Gasteiger partial charge in [-0.25, -0.2) is 0 Å². The summed E-state index contributed by atoms with van der Waals surface area (Å²) in [5.74, 6) is 0. The maximum absolute atomic E-state index is 2.38. The predicted octanol–water partition coefficient (Wildman–Crippen LogP) is 4.73. The molecule has 21 heavy (non-hydrogen) atoms. The van der Waals surface area contributed by atoms with Gasteiger partial charge in [0.25, 0.3) is 0 Å². The minimum atomic E-state index is 1.00. The number of fused-ring (bicyclic) bond motifs is 3. The highest BCUT2D eigenvalue weighted by Gasteiger charge is 2.15. The van der Waals surface area contributed by atoms with Gasteiger partial charge in [0.2, 0.25) is 0 Å². The van der Waals surface area contributed by atoms with Crippen LogP contribution < -0.4 is 0 Å². The molecule has 0 saturated carbocycles. The first-order valence-electron chi connectivity index (χ1n) is 7.63. The Hall–Kier alpha value is -2.28. The van der Waals surface area contributed by atoms with E-state index in [1.165, 1.54) is 33.3 Å². The SMILES string of the molecule is Cn1c2c(c3ccc(Cc4ccccc4)cc31)C=CCC2. The third-order valence-corrected chi connectivity index (χ3v) is 4.51. The summed E-state index contributed by atoms with van der Waals surface area (Å²) in [4.78, 5) is 0. The summed E-state index contributed by atoms with van der Waals surface area (Å²) in [6.07, 6.45) is 7.90. The second-order valence-corrected chi connectivity index (χ2v) is 5.87. The Balaban J connectivity index is 1.80. The lowest BCUT2D eigenvalue weighted by atomic mass is 10.00. The van der Waals surface area contributed by atoms with E-state index < -0.39 is 0 Å². The number of hydrogen-bond donors (Lipinski definition) is 0. The van der Waals surface area contributed by atoms with Gasteiger partial charge in [-0.05, 0) is 36.5 Å². The van der Waals surface area contributed by atoms with Gasteiger partial charge in [-0.2, -0.15) is 0 Å². The molecule has 0 N–H and O–H groups in total. The van der Waals surface area contributed by atoms with Crippen molar-refractivity contribution in [1.29, 1.82) is 0 Å². The smallest absolute Gasteiger partial charge is 0.0489 e. The molecule has 4 rings (SSSR count). The van der Waals surface area contributed by atoms with E-state index in [0.717, 1.165) is 19.3 Å². The Labute approximate surface area is 125 Å². The normalized spacial score (nSPS) is 13.6. The minimum absolute atomic E-state index is 1.00. The number of hydrogen-bond acceptors (Lipinski definition) is 0. The molecule has 0 unspecified atom stereocenters. The van der Waals surface area contributed by atoms with Crippen LogP contribution in [0.2, 0.25) is 0 Å². The summed E-state index contributed by atoms with van der Waals surface area (Å²) >= 11 is 0. The Morgan fingerprint density at radius 1 is 1.00 bits per heavy atom. The van der Waals surface area contributed by atoms with Gasteiger partial charge in [0, 0.05) is 29.2 Å². The molecule has 1 heterocycles. The maximum atomic E-state index is 2.38. The lowest BCUT2D eigenvalue weighted by Crippen LogP contribution is -1.99. The molecule has 0 aliphatic heterocycles. The molecule has 1 aliphatic carbocycles. The standard InChI is InChI=1S/C20H19N/c1-21-19-10-6-5-9-17(19)18-12-11-16(14-20(18)21)13-15-7-3-2-4-8-15/h2-5,7-9,11-12,14H,6,10,13H2,1H3. The summed E-state index contributed by atoms with van der Waals surface area (Å²) in [6.45, 7) is 0. The van der Waals surface area contributed by atoms with Crippen molar-refractivity contribution < 1.29 is 0 Å². The van der Waals surface area contributed by atoms with Gasteiger partial charge in [-0.1, -0.05) is 54.6 Å². The highest BCUT2D eigenvalue weighted by molar-refractivity contribution is 5.92. The molecule has 1 nitrogen and oxygen atoms in total. The summed E-state index contributed by atoms with van der Waals surface area (Å²) in [5.41, 5.74) is 7.01. The Bertz CT molecular complexity index is 822. The highest BCUT2D eigenvalue weighted by Crippen LogP contribution is 2.31. The maximum Gasteiger partial charge on any atom is 0.0489 e. The predicted molar refractivity (Wildman–Crippen MR) is 89.5 cm³/mol. The lowest BCUT2D eigenvalue weighted by Gasteiger charge is -2.07. The molecule has 1 aromatic heterocycles. The van der Waals surface area contributed by atoms with E-state index in [9.17, 15) is 0 Å². The number of rotatable bonds is 2. The molecule has 1 heteroatoms. The van der Waals surface area contributed by atoms with Crippen LogP contribution in [0.15, 0.2) is 54.6 Å². The monoisotopic (exact) mass is 273 g/mol. The number of allylic oxidation sites excluding steroid dienone is 1. The fourth-order valence-electron chi connectivity index (χ4n) is 3.42. The van der Waals surface area contributed by atoms with Gasteiger partial charge in [0.05, 0.1) is 0 Å². The summed E-state index contributed by atoms with van der Waals surface area (Å²) in [5, 5.41) is 1.39. The molecule has 0 amide bonds. The fraction of sp³-hybridized carbons (Fsp3) is 0.200. The second kappa shape index (κ2) is 4.92. The molecule has 0 saturated heterocycles. The van der Waals surface area contributed by atoms with Gasteiger partial charge in [0.15, 0.2) is 0 Å². The van der Waals surface area contributed by atoms with Gasteiger partial charge >= 0.3 is 0 Å². The Morgan fingerprint density at radius 2 is 1.86 bits per heavy atom. The van der Waals surface area contributed by atoms with Crippen molar-refractivity contribution in [3.63, 3.8) is 0 Å². The zero-order valence-corrected chi connectivity index (χ0v) is 12.3. The molecule has 0 radical (unpaired) electrons. The van der Waals surface area contributed by atoms with Crippen LogP contribution in [-0.4, -0.2) is 4.57 Å². The van der Waals surface area contributed by atoms with Crippen LogP contribution in [-0.2, 0) is 19.9 Å². The van der Waals surface area contributed by atoms with Crippen molar-refractivity contribution >= 4 is 17.0 Å². The first-order valence-corrected chi connectivity index (χ1v) is 7.63. The van der Waals surface area contributed by atoms with Crippen molar-refractivity contribution in [2.24, 2.45) is 7.05 Å². The Morgan fingerprint density at radius 3 is 2.71 bits per heavy atom. The van der Waals surface area contributed by atoms with Gasteiger partial charge in [-0.15, -0.1) is 0 Å². The molecule has 1 aliphatic rings. The van der Waals surface area contributed by atoms with E-state index in [1.54, 1.807) is 0 Å². The summed E-state index contributed by atoms with van der Waals surface area (Å²) in [7, 11) is 2.20. The van der Waals surface area contributed by atoms with Crippen LogP contribution in [0.5, 0.6) is 0 Å². The number of benzene rings is 2. The van der Waals surface area contributed by atoms with E-state index in [-0.39, 0.29) is 0 Å². The van der Waals surface area contributed by atoms with E-state index in [4.69, 9.17) is 0 Å². The number of aromatic nitrogens is 1. The van der Waals surface area contributed by atoms with Crippen LogP contribution >= 0.6 is 0 Å². The minimum Gasteiger partial charge on any atom is -0.347 e. The fourth-order valence-corrected chi connectivity index (χ4v) is 3.42. The van der Waals surface area contributed by atoms with E-state index in [1.807, 2.05) is 0 Å². The molecule has 0 spiro atoms. The first kappa shape index (κ1) is 12.5. The van der Waals surface area contributed by atoms with E-state index >= 15 is 0 Å². The quantitative estimate of drug-likeness (QED) is 0.636. The van der Waals surface area contributed by atoms with Crippen molar-refractivity contribution in [1.82, 2.24) is 4.57 Å². The van der Waals surface area contributed by atoms with E-state index in [2.05, 4.69) is 72.3 Å². The molecule has 2 aromatic carbocycles. The lowest BCUT2D eigenvalue weighted by molar-refractivity contribution is 0.824. The second-order valence-electron chi connectivity index (χ2n) is 5.87. The van der Waals surface area contributed by atoms with Crippen LogP contribution in [0.4, 0.5) is 0 Å². The van der Waals surface area contributed by atoms with Gasteiger partial charge in [0.1, 0.15) is 0 Å². The molecule has 3 aromatic rings. The van der Waals surface area contributed by atoms with Crippen LogP contribution in [0, 0.1) is 0 Å². The molecular formula is C20H19N. The molecular weight excluding hydrogens is 254 g/mol. The summed E-state index contributed by atoms with van der Waals surface area (Å²) < 4.78 is 2.38. The molecule has 0 bridgehead atoms.